The topological polar surface area (TPSA) is 47.8 Å². The molecule has 4 nitrogen and oxygen atoms in total. The molecule has 0 aliphatic carbocycles. The van der Waals surface area contributed by atoms with Crippen molar-refractivity contribution in [3.05, 3.63) is 45.3 Å². The summed E-state index contributed by atoms with van der Waals surface area (Å²) >= 11 is 1.97. The Balaban J connectivity index is 2.17. The SMILES string of the molecule is CC(C)Cn1ncnc1CC(=O)c1ccc(F)cc1I. The Kier molecular flexibility index (Phi) is 4.85. The van der Waals surface area contributed by atoms with Gasteiger partial charge in [0.2, 0.25) is 0 Å². The molecule has 0 fully saturated rings. The van der Waals surface area contributed by atoms with Crippen LogP contribution in [0.15, 0.2) is 24.5 Å². The van der Waals surface area contributed by atoms with Gasteiger partial charge in [-0.05, 0) is 46.7 Å². The van der Waals surface area contributed by atoms with Crippen LogP contribution in [-0.2, 0) is 13.0 Å². The number of nitrogens with zero attached hydrogens (tertiary/aromatic N) is 3. The van der Waals surface area contributed by atoms with Crippen molar-refractivity contribution in [3.8, 4) is 0 Å². The van der Waals surface area contributed by atoms with Crippen LogP contribution in [0.1, 0.15) is 30.0 Å². The highest BCUT2D eigenvalue weighted by molar-refractivity contribution is 14.1. The molecule has 0 aliphatic heterocycles. The predicted molar refractivity (Wildman–Crippen MR) is 82.0 cm³/mol. The van der Waals surface area contributed by atoms with E-state index < -0.39 is 0 Å². The fourth-order valence-corrected chi connectivity index (χ4v) is 2.66. The zero-order valence-corrected chi connectivity index (χ0v) is 13.5. The summed E-state index contributed by atoms with van der Waals surface area (Å²) in [4.78, 5) is 16.4. The van der Waals surface area contributed by atoms with E-state index in [1.165, 1.54) is 24.5 Å². The Morgan fingerprint density at radius 2 is 2.20 bits per heavy atom. The van der Waals surface area contributed by atoms with Crippen molar-refractivity contribution in [1.29, 1.82) is 0 Å². The number of hydrogen-bond donors (Lipinski definition) is 0. The molecule has 6 heteroatoms. The molecule has 0 N–H and O–H groups in total. The number of halogens is 2. The molecule has 0 radical (unpaired) electrons. The lowest BCUT2D eigenvalue weighted by Gasteiger charge is -2.08. The highest BCUT2D eigenvalue weighted by Crippen LogP contribution is 2.16. The molecule has 0 spiro atoms. The maximum Gasteiger partial charge on any atom is 0.171 e. The van der Waals surface area contributed by atoms with Gasteiger partial charge < -0.3 is 0 Å². The first-order valence-electron chi connectivity index (χ1n) is 6.32. The van der Waals surface area contributed by atoms with Gasteiger partial charge in [0.1, 0.15) is 18.0 Å². The number of aromatic nitrogens is 3. The van der Waals surface area contributed by atoms with E-state index in [-0.39, 0.29) is 18.0 Å². The Morgan fingerprint density at radius 1 is 1.45 bits per heavy atom. The van der Waals surface area contributed by atoms with Gasteiger partial charge >= 0.3 is 0 Å². The second-order valence-electron chi connectivity index (χ2n) is 4.98. The van der Waals surface area contributed by atoms with Gasteiger partial charge in [0.05, 0.1) is 6.42 Å². The van der Waals surface area contributed by atoms with Crippen LogP contribution in [0.2, 0.25) is 0 Å². The van der Waals surface area contributed by atoms with Crippen LogP contribution in [0.4, 0.5) is 4.39 Å². The standard InChI is InChI=1S/C14H15FIN3O/c1-9(2)7-19-14(17-8-18-19)6-13(20)11-4-3-10(15)5-12(11)16/h3-5,8-9H,6-7H2,1-2H3. The highest BCUT2D eigenvalue weighted by atomic mass is 127. The molecule has 1 aromatic carbocycles. The van der Waals surface area contributed by atoms with Crippen LogP contribution < -0.4 is 0 Å². The first-order chi connectivity index (χ1) is 9.47. The minimum Gasteiger partial charge on any atom is -0.294 e. The number of hydrogen-bond acceptors (Lipinski definition) is 3. The Bertz CT molecular complexity index is 625. The summed E-state index contributed by atoms with van der Waals surface area (Å²) in [6.07, 6.45) is 1.63. The molecule has 1 aromatic heterocycles. The number of carbonyl (C=O) groups is 1. The third-order valence-corrected chi connectivity index (χ3v) is 3.68. The summed E-state index contributed by atoms with van der Waals surface area (Å²) in [6.45, 7) is 4.88. The Morgan fingerprint density at radius 3 is 2.85 bits per heavy atom. The van der Waals surface area contributed by atoms with Crippen LogP contribution in [0.25, 0.3) is 0 Å². The lowest BCUT2D eigenvalue weighted by atomic mass is 10.1. The summed E-state index contributed by atoms with van der Waals surface area (Å²) in [7, 11) is 0. The quantitative estimate of drug-likeness (QED) is 0.585. The van der Waals surface area contributed by atoms with Crippen molar-refractivity contribution in [1.82, 2.24) is 14.8 Å². The van der Waals surface area contributed by atoms with E-state index in [1.54, 1.807) is 4.68 Å². The molecular formula is C14H15FIN3O. The van der Waals surface area contributed by atoms with Crippen molar-refractivity contribution < 1.29 is 9.18 Å². The number of benzene rings is 1. The van der Waals surface area contributed by atoms with Gasteiger partial charge in [0, 0.05) is 15.7 Å². The summed E-state index contributed by atoms with van der Waals surface area (Å²) in [6, 6.07) is 4.17. The molecule has 0 amide bonds. The minimum atomic E-state index is -0.339. The summed E-state index contributed by atoms with van der Waals surface area (Å²) < 4.78 is 15.4. The van der Waals surface area contributed by atoms with Crippen molar-refractivity contribution in [2.24, 2.45) is 5.92 Å². The van der Waals surface area contributed by atoms with E-state index in [0.717, 1.165) is 6.54 Å². The molecule has 106 valence electrons. The lowest BCUT2D eigenvalue weighted by Crippen LogP contribution is -2.15. The largest absolute Gasteiger partial charge is 0.294 e. The monoisotopic (exact) mass is 387 g/mol. The number of Topliss-reactive ketones (excluding diaryl/α,β-unsaturated/α-hetero) is 1. The highest BCUT2D eigenvalue weighted by Gasteiger charge is 2.15. The van der Waals surface area contributed by atoms with Crippen molar-refractivity contribution in [2.45, 2.75) is 26.8 Å². The van der Waals surface area contributed by atoms with Gasteiger partial charge in [-0.15, -0.1) is 0 Å². The average Bonchev–Trinajstić information content (AvgIpc) is 2.75. The van der Waals surface area contributed by atoms with E-state index in [1.807, 2.05) is 22.6 Å². The van der Waals surface area contributed by atoms with Crippen LogP contribution in [-0.4, -0.2) is 20.5 Å². The van der Waals surface area contributed by atoms with Gasteiger partial charge in [-0.2, -0.15) is 5.10 Å². The molecule has 0 atom stereocenters. The number of carbonyl (C=O) groups excluding carboxylic acids is 1. The lowest BCUT2D eigenvalue weighted by molar-refractivity contribution is 0.0988. The maximum absolute atomic E-state index is 13.1. The van der Waals surface area contributed by atoms with E-state index in [9.17, 15) is 9.18 Å². The maximum atomic E-state index is 13.1. The molecule has 20 heavy (non-hydrogen) atoms. The summed E-state index contributed by atoms with van der Waals surface area (Å²) in [5.74, 6) is 0.654. The molecular weight excluding hydrogens is 372 g/mol. The van der Waals surface area contributed by atoms with E-state index in [2.05, 4.69) is 23.9 Å². The van der Waals surface area contributed by atoms with Gasteiger partial charge in [-0.1, -0.05) is 13.8 Å². The number of rotatable bonds is 5. The first kappa shape index (κ1) is 15.1. The average molecular weight is 387 g/mol. The first-order valence-corrected chi connectivity index (χ1v) is 7.40. The fraction of sp³-hybridized carbons (Fsp3) is 0.357. The van der Waals surface area contributed by atoms with Gasteiger partial charge in [-0.25, -0.2) is 14.1 Å². The Hall–Kier alpha value is -1.31. The van der Waals surface area contributed by atoms with Gasteiger partial charge in [0.25, 0.3) is 0 Å². The molecule has 2 rings (SSSR count). The van der Waals surface area contributed by atoms with Crippen molar-refractivity contribution >= 4 is 28.4 Å². The summed E-state index contributed by atoms with van der Waals surface area (Å²) in [5.41, 5.74) is 0.520. The molecule has 0 saturated heterocycles. The molecule has 0 bridgehead atoms. The molecule has 1 heterocycles. The molecule has 0 aliphatic rings. The summed E-state index contributed by atoms with van der Waals surface area (Å²) in [5, 5.41) is 4.13. The van der Waals surface area contributed by atoms with E-state index >= 15 is 0 Å². The Labute approximate surface area is 130 Å². The second kappa shape index (κ2) is 6.43. The van der Waals surface area contributed by atoms with E-state index in [4.69, 9.17) is 0 Å². The van der Waals surface area contributed by atoms with Crippen molar-refractivity contribution in [2.75, 3.05) is 0 Å². The fourth-order valence-electron chi connectivity index (χ4n) is 1.88. The van der Waals surface area contributed by atoms with Crippen LogP contribution >= 0.6 is 22.6 Å². The molecule has 0 unspecified atom stereocenters. The molecule has 2 aromatic rings. The van der Waals surface area contributed by atoms with Crippen LogP contribution in [0.3, 0.4) is 0 Å². The third-order valence-electron chi connectivity index (χ3n) is 2.78. The molecule has 0 saturated carbocycles. The van der Waals surface area contributed by atoms with Crippen LogP contribution in [0.5, 0.6) is 0 Å². The number of ketones is 1. The smallest absolute Gasteiger partial charge is 0.171 e. The van der Waals surface area contributed by atoms with Gasteiger partial charge in [0.15, 0.2) is 5.78 Å². The van der Waals surface area contributed by atoms with Gasteiger partial charge in [-0.3, -0.25) is 4.79 Å². The zero-order chi connectivity index (χ0) is 14.7. The van der Waals surface area contributed by atoms with Crippen molar-refractivity contribution in [3.63, 3.8) is 0 Å². The minimum absolute atomic E-state index is 0.0765. The second-order valence-corrected chi connectivity index (χ2v) is 6.14. The van der Waals surface area contributed by atoms with E-state index in [0.29, 0.717) is 20.9 Å². The zero-order valence-electron chi connectivity index (χ0n) is 11.3. The predicted octanol–water partition coefficient (Wildman–Crippen LogP) is 3.10. The third kappa shape index (κ3) is 3.62. The normalized spacial score (nSPS) is 11.1. The van der Waals surface area contributed by atoms with Crippen LogP contribution in [0, 0.1) is 15.3 Å².